The van der Waals surface area contributed by atoms with Crippen LogP contribution in [0, 0.1) is 6.92 Å². The molecule has 10 heteroatoms. The van der Waals surface area contributed by atoms with E-state index >= 15 is 0 Å². The lowest BCUT2D eigenvalue weighted by molar-refractivity contribution is -0.121. The SMILES string of the molecule is Cc1cc(=O)n(CC(=O)NCCNc2ccc(Nc3ccccn3)nn2)cn1. The van der Waals surface area contributed by atoms with E-state index in [0.717, 1.165) is 0 Å². The molecule has 0 saturated carbocycles. The summed E-state index contributed by atoms with van der Waals surface area (Å²) in [7, 11) is 0. The standard InChI is InChI=1S/C18H20N8O2/c1-13-10-18(28)26(12-22-13)11-17(27)21-9-8-20-15-5-6-16(25-24-15)23-14-4-2-3-7-19-14/h2-7,10,12H,8-9,11H2,1H3,(H,20,24)(H,21,27)(H,19,23,25). The Kier molecular flexibility index (Phi) is 6.24. The van der Waals surface area contributed by atoms with Crippen LogP contribution in [0.15, 0.2) is 53.7 Å². The summed E-state index contributed by atoms with van der Waals surface area (Å²) in [5.41, 5.74) is 0.365. The van der Waals surface area contributed by atoms with E-state index in [1.165, 1.54) is 17.0 Å². The van der Waals surface area contributed by atoms with Crippen LogP contribution in [0.2, 0.25) is 0 Å². The molecule has 0 aliphatic carbocycles. The summed E-state index contributed by atoms with van der Waals surface area (Å²) in [6.07, 6.45) is 3.05. The molecule has 0 radical (unpaired) electrons. The van der Waals surface area contributed by atoms with Crippen molar-refractivity contribution in [2.45, 2.75) is 13.5 Å². The third kappa shape index (κ3) is 5.59. The van der Waals surface area contributed by atoms with Gasteiger partial charge >= 0.3 is 0 Å². The van der Waals surface area contributed by atoms with Gasteiger partial charge in [-0.25, -0.2) is 9.97 Å². The second-order valence-electron chi connectivity index (χ2n) is 5.92. The number of carbonyl (C=O) groups is 1. The fourth-order valence-electron chi connectivity index (χ4n) is 2.30. The Morgan fingerprint density at radius 3 is 2.57 bits per heavy atom. The molecule has 0 spiro atoms. The quantitative estimate of drug-likeness (QED) is 0.488. The Labute approximate surface area is 161 Å². The zero-order valence-corrected chi connectivity index (χ0v) is 15.3. The monoisotopic (exact) mass is 380 g/mol. The number of aromatic nitrogens is 5. The summed E-state index contributed by atoms with van der Waals surface area (Å²) in [6, 6.07) is 10.5. The van der Waals surface area contributed by atoms with Gasteiger partial charge in [-0.3, -0.25) is 14.2 Å². The Morgan fingerprint density at radius 1 is 1.04 bits per heavy atom. The third-order valence-corrected chi connectivity index (χ3v) is 3.67. The smallest absolute Gasteiger partial charge is 0.253 e. The molecule has 0 atom stereocenters. The van der Waals surface area contributed by atoms with Crippen LogP contribution in [0.1, 0.15) is 5.69 Å². The Hall–Kier alpha value is -3.82. The van der Waals surface area contributed by atoms with E-state index < -0.39 is 0 Å². The molecule has 1 amide bonds. The maximum atomic E-state index is 11.9. The molecule has 0 unspecified atom stereocenters. The van der Waals surface area contributed by atoms with Crippen LogP contribution >= 0.6 is 0 Å². The van der Waals surface area contributed by atoms with Gasteiger partial charge in [-0.2, -0.15) is 0 Å². The van der Waals surface area contributed by atoms with E-state index in [9.17, 15) is 9.59 Å². The minimum absolute atomic E-state index is 0.0696. The number of nitrogens with one attached hydrogen (secondary N) is 3. The maximum absolute atomic E-state index is 11.9. The number of carbonyl (C=O) groups excluding carboxylic acids is 1. The number of amides is 1. The molecule has 0 saturated heterocycles. The average molecular weight is 380 g/mol. The summed E-state index contributed by atoms with van der Waals surface area (Å²) in [4.78, 5) is 31.8. The number of nitrogens with zero attached hydrogens (tertiary/aromatic N) is 5. The zero-order valence-electron chi connectivity index (χ0n) is 15.3. The van der Waals surface area contributed by atoms with Crippen molar-refractivity contribution < 1.29 is 4.79 Å². The van der Waals surface area contributed by atoms with E-state index in [4.69, 9.17) is 0 Å². The molecule has 3 N–H and O–H groups in total. The normalized spacial score (nSPS) is 10.3. The van der Waals surface area contributed by atoms with Crippen LogP contribution in [0.4, 0.5) is 17.5 Å². The van der Waals surface area contributed by atoms with Crippen LogP contribution < -0.4 is 21.5 Å². The van der Waals surface area contributed by atoms with Gasteiger partial charge in [0, 0.05) is 31.0 Å². The van der Waals surface area contributed by atoms with Crippen LogP contribution in [-0.4, -0.2) is 43.7 Å². The second-order valence-corrected chi connectivity index (χ2v) is 5.92. The van der Waals surface area contributed by atoms with Crippen LogP contribution in [0.3, 0.4) is 0 Å². The number of pyridine rings is 1. The minimum Gasteiger partial charge on any atom is -0.367 e. The molecule has 0 aliphatic heterocycles. The lowest BCUT2D eigenvalue weighted by Gasteiger charge is -2.09. The first-order valence-electron chi connectivity index (χ1n) is 8.65. The van der Waals surface area contributed by atoms with Crippen LogP contribution in [-0.2, 0) is 11.3 Å². The van der Waals surface area contributed by atoms with E-state index in [1.54, 1.807) is 25.3 Å². The lowest BCUT2D eigenvalue weighted by atomic mass is 10.4. The highest BCUT2D eigenvalue weighted by molar-refractivity contribution is 5.75. The van der Waals surface area contributed by atoms with Gasteiger partial charge in [0.2, 0.25) is 5.91 Å². The molecule has 10 nitrogen and oxygen atoms in total. The van der Waals surface area contributed by atoms with E-state index in [0.29, 0.717) is 36.2 Å². The van der Waals surface area contributed by atoms with Gasteiger partial charge in [0.05, 0.1) is 6.33 Å². The Balaban J connectivity index is 1.40. The fourth-order valence-corrected chi connectivity index (χ4v) is 2.30. The molecule has 3 aromatic rings. The van der Waals surface area contributed by atoms with Crippen molar-refractivity contribution in [3.8, 4) is 0 Å². The van der Waals surface area contributed by atoms with Crippen molar-refractivity contribution in [3.63, 3.8) is 0 Å². The van der Waals surface area contributed by atoms with Gasteiger partial charge in [-0.1, -0.05) is 6.07 Å². The number of rotatable bonds is 8. The summed E-state index contributed by atoms with van der Waals surface area (Å²) >= 11 is 0. The molecule has 0 aromatic carbocycles. The first-order chi connectivity index (χ1) is 13.6. The number of anilines is 3. The van der Waals surface area contributed by atoms with Crippen molar-refractivity contribution >= 4 is 23.4 Å². The molecule has 28 heavy (non-hydrogen) atoms. The first kappa shape index (κ1) is 19.0. The Morgan fingerprint density at radius 2 is 1.86 bits per heavy atom. The summed E-state index contributed by atoms with van der Waals surface area (Å²) in [6.45, 7) is 2.50. The van der Waals surface area contributed by atoms with Crippen molar-refractivity contribution in [1.29, 1.82) is 0 Å². The van der Waals surface area contributed by atoms with Crippen molar-refractivity contribution in [2.24, 2.45) is 0 Å². The van der Waals surface area contributed by atoms with Crippen molar-refractivity contribution in [1.82, 2.24) is 30.0 Å². The maximum Gasteiger partial charge on any atom is 0.253 e. The topological polar surface area (TPSA) is 127 Å². The predicted octanol–water partition coefficient (Wildman–Crippen LogP) is 0.709. The van der Waals surface area contributed by atoms with Crippen molar-refractivity contribution in [3.05, 3.63) is 65.0 Å². The number of hydrogen-bond donors (Lipinski definition) is 3. The predicted molar refractivity (Wildman–Crippen MR) is 104 cm³/mol. The van der Waals surface area contributed by atoms with E-state index in [-0.39, 0.29) is 18.0 Å². The number of hydrogen-bond acceptors (Lipinski definition) is 8. The largest absolute Gasteiger partial charge is 0.367 e. The Bertz CT molecular complexity index is 973. The molecule has 144 valence electrons. The van der Waals surface area contributed by atoms with Crippen LogP contribution in [0.5, 0.6) is 0 Å². The molecule has 0 aliphatic rings. The zero-order chi connectivity index (χ0) is 19.8. The lowest BCUT2D eigenvalue weighted by Crippen LogP contribution is -2.34. The summed E-state index contributed by atoms with van der Waals surface area (Å²) in [5.74, 6) is 1.58. The van der Waals surface area contributed by atoms with Crippen molar-refractivity contribution in [2.75, 3.05) is 23.7 Å². The summed E-state index contributed by atoms with van der Waals surface area (Å²) in [5, 5.41) is 17.0. The average Bonchev–Trinajstić information content (AvgIpc) is 2.69. The van der Waals surface area contributed by atoms with Gasteiger partial charge in [0.25, 0.3) is 5.56 Å². The molecule has 0 fully saturated rings. The summed E-state index contributed by atoms with van der Waals surface area (Å²) < 4.78 is 1.26. The van der Waals surface area contributed by atoms with E-state index in [1.807, 2.05) is 18.2 Å². The highest BCUT2D eigenvalue weighted by Crippen LogP contribution is 2.11. The van der Waals surface area contributed by atoms with Gasteiger partial charge in [-0.15, -0.1) is 10.2 Å². The second kappa shape index (κ2) is 9.21. The number of aryl methyl sites for hydroxylation is 1. The first-order valence-corrected chi connectivity index (χ1v) is 8.65. The highest BCUT2D eigenvalue weighted by Gasteiger charge is 2.05. The van der Waals surface area contributed by atoms with Gasteiger partial charge in [0.1, 0.15) is 18.2 Å². The molecule has 3 aromatic heterocycles. The fraction of sp³-hybridized carbons (Fsp3) is 0.222. The van der Waals surface area contributed by atoms with Gasteiger partial charge < -0.3 is 16.0 Å². The molecular formula is C18H20N8O2. The van der Waals surface area contributed by atoms with E-state index in [2.05, 4.69) is 36.1 Å². The molecule has 0 bridgehead atoms. The minimum atomic E-state index is -0.268. The van der Waals surface area contributed by atoms with Gasteiger partial charge in [0.15, 0.2) is 5.82 Å². The molecule has 3 rings (SSSR count). The van der Waals surface area contributed by atoms with Crippen LogP contribution in [0.25, 0.3) is 0 Å². The molecule has 3 heterocycles. The highest BCUT2D eigenvalue weighted by atomic mass is 16.2. The van der Waals surface area contributed by atoms with Gasteiger partial charge in [-0.05, 0) is 31.2 Å². The third-order valence-electron chi connectivity index (χ3n) is 3.67. The molecular weight excluding hydrogens is 360 g/mol.